The van der Waals surface area contributed by atoms with Gasteiger partial charge in [-0.3, -0.25) is 0 Å². The van der Waals surface area contributed by atoms with Crippen LogP contribution in [0.2, 0.25) is 0 Å². The predicted octanol–water partition coefficient (Wildman–Crippen LogP) is 3.57. The molecule has 1 atom stereocenters. The van der Waals surface area contributed by atoms with Crippen molar-refractivity contribution in [3.05, 3.63) is 53.6 Å². The van der Waals surface area contributed by atoms with E-state index in [-0.39, 0.29) is 12.1 Å². The maximum Gasteiger partial charge on any atom is 0.318 e. The van der Waals surface area contributed by atoms with Gasteiger partial charge in [-0.15, -0.1) is 0 Å². The summed E-state index contributed by atoms with van der Waals surface area (Å²) < 4.78 is 11.3. The Balaban J connectivity index is 1.43. The Bertz CT molecular complexity index is 853. The van der Waals surface area contributed by atoms with Gasteiger partial charge in [0.2, 0.25) is 0 Å². The second-order valence-corrected chi connectivity index (χ2v) is 7.48. The maximum atomic E-state index is 12.9. The van der Waals surface area contributed by atoms with Crippen molar-refractivity contribution in [3.8, 4) is 11.5 Å². The minimum Gasteiger partial charge on any atom is -0.486 e. The fraction of sp³-hybridized carbons (Fsp3) is 0.409. The van der Waals surface area contributed by atoms with Gasteiger partial charge < -0.3 is 24.6 Å². The van der Waals surface area contributed by atoms with Gasteiger partial charge in [-0.1, -0.05) is 18.2 Å². The fourth-order valence-corrected chi connectivity index (χ4v) is 3.85. The number of hydrogen-bond donors (Lipinski definition) is 1. The van der Waals surface area contributed by atoms with E-state index in [4.69, 9.17) is 9.47 Å². The molecule has 0 aromatic heterocycles. The summed E-state index contributed by atoms with van der Waals surface area (Å²) in [5.74, 6) is 1.56. The fourth-order valence-electron chi connectivity index (χ4n) is 3.85. The number of urea groups is 1. The molecular weight excluding hydrogens is 354 g/mol. The number of carbonyl (C=O) groups excluding carboxylic acids is 1. The zero-order valence-electron chi connectivity index (χ0n) is 16.5. The van der Waals surface area contributed by atoms with Crippen LogP contribution in [0.1, 0.15) is 30.0 Å². The van der Waals surface area contributed by atoms with Crippen molar-refractivity contribution < 1.29 is 14.3 Å². The van der Waals surface area contributed by atoms with Crippen LogP contribution in [0.4, 0.5) is 10.5 Å². The van der Waals surface area contributed by atoms with Gasteiger partial charge in [0.15, 0.2) is 11.5 Å². The van der Waals surface area contributed by atoms with Crippen LogP contribution in [0.3, 0.4) is 0 Å². The third kappa shape index (κ3) is 3.86. The van der Waals surface area contributed by atoms with Gasteiger partial charge in [-0.25, -0.2) is 4.79 Å². The minimum absolute atomic E-state index is 0.0207. The first-order chi connectivity index (χ1) is 13.6. The van der Waals surface area contributed by atoms with Gasteiger partial charge in [0.1, 0.15) is 13.2 Å². The molecule has 0 bridgehead atoms. The van der Waals surface area contributed by atoms with Crippen LogP contribution in [-0.4, -0.2) is 44.8 Å². The number of anilines is 1. The Morgan fingerprint density at radius 2 is 1.96 bits per heavy atom. The lowest BCUT2D eigenvalue weighted by atomic mass is 10.0. The summed E-state index contributed by atoms with van der Waals surface area (Å²) >= 11 is 0. The summed E-state index contributed by atoms with van der Waals surface area (Å²) in [6, 6.07) is 14.3. The minimum atomic E-state index is -0.0207. The zero-order valence-corrected chi connectivity index (χ0v) is 16.5. The number of likely N-dealkylation sites (tertiary alicyclic amines) is 1. The van der Waals surface area contributed by atoms with Crippen LogP contribution in [0, 0.1) is 0 Å². The van der Waals surface area contributed by atoms with E-state index in [1.54, 1.807) is 0 Å². The lowest BCUT2D eigenvalue weighted by Gasteiger charge is -2.27. The summed E-state index contributed by atoms with van der Waals surface area (Å²) in [5, 5.41) is 3.08. The number of benzene rings is 2. The Kier molecular flexibility index (Phi) is 5.28. The molecule has 4 rings (SSSR count). The third-order valence-corrected chi connectivity index (χ3v) is 5.34. The molecule has 0 spiro atoms. The van der Waals surface area contributed by atoms with E-state index in [9.17, 15) is 4.79 Å². The second-order valence-electron chi connectivity index (χ2n) is 7.48. The van der Waals surface area contributed by atoms with E-state index >= 15 is 0 Å². The number of ether oxygens (including phenoxy) is 2. The largest absolute Gasteiger partial charge is 0.486 e. The van der Waals surface area contributed by atoms with E-state index in [0.717, 1.165) is 47.7 Å². The Morgan fingerprint density at radius 3 is 2.79 bits per heavy atom. The third-order valence-electron chi connectivity index (χ3n) is 5.34. The van der Waals surface area contributed by atoms with Gasteiger partial charge in [0.25, 0.3) is 0 Å². The molecule has 1 unspecified atom stereocenters. The summed E-state index contributed by atoms with van der Waals surface area (Å²) in [7, 11) is 4.03. The molecule has 2 aromatic carbocycles. The molecule has 0 radical (unpaired) electrons. The zero-order chi connectivity index (χ0) is 19.5. The van der Waals surface area contributed by atoms with E-state index < -0.39 is 0 Å². The van der Waals surface area contributed by atoms with Crippen molar-refractivity contribution in [2.24, 2.45) is 0 Å². The molecule has 2 aliphatic heterocycles. The van der Waals surface area contributed by atoms with Gasteiger partial charge in [0, 0.05) is 32.9 Å². The first-order valence-electron chi connectivity index (χ1n) is 9.82. The molecular formula is C22H27N3O3. The summed E-state index contributed by atoms with van der Waals surface area (Å²) in [6.07, 6.45) is 1.96. The highest BCUT2D eigenvalue weighted by molar-refractivity contribution is 5.75. The van der Waals surface area contributed by atoms with E-state index in [1.165, 1.54) is 0 Å². The number of amides is 2. The monoisotopic (exact) mass is 381 g/mol. The van der Waals surface area contributed by atoms with Crippen LogP contribution in [-0.2, 0) is 6.54 Å². The van der Waals surface area contributed by atoms with Crippen LogP contribution < -0.4 is 19.7 Å². The molecule has 2 amide bonds. The first kappa shape index (κ1) is 18.5. The van der Waals surface area contributed by atoms with Gasteiger partial charge in [0.05, 0.1) is 6.04 Å². The van der Waals surface area contributed by atoms with Crippen molar-refractivity contribution in [2.75, 3.05) is 38.8 Å². The van der Waals surface area contributed by atoms with E-state index in [2.05, 4.69) is 22.3 Å². The highest BCUT2D eigenvalue weighted by Crippen LogP contribution is 2.38. The predicted molar refractivity (Wildman–Crippen MR) is 109 cm³/mol. The molecule has 1 fully saturated rings. The van der Waals surface area contributed by atoms with Crippen molar-refractivity contribution in [2.45, 2.75) is 25.4 Å². The van der Waals surface area contributed by atoms with Crippen LogP contribution in [0.15, 0.2) is 42.5 Å². The van der Waals surface area contributed by atoms with E-state index in [1.807, 2.05) is 49.3 Å². The van der Waals surface area contributed by atoms with Crippen molar-refractivity contribution >= 4 is 11.7 Å². The van der Waals surface area contributed by atoms with Gasteiger partial charge >= 0.3 is 6.03 Å². The highest BCUT2D eigenvalue weighted by atomic mass is 16.6. The average Bonchev–Trinajstić information content (AvgIpc) is 3.22. The molecule has 0 aliphatic carbocycles. The lowest BCUT2D eigenvalue weighted by molar-refractivity contribution is 0.170. The topological polar surface area (TPSA) is 54.0 Å². The molecule has 28 heavy (non-hydrogen) atoms. The molecule has 0 saturated carbocycles. The molecule has 2 heterocycles. The summed E-state index contributed by atoms with van der Waals surface area (Å²) in [4.78, 5) is 16.8. The van der Waals surface area contributed by atoms with E-state index in [0.29, 0.717) is 19.8 Å². The molecule has 6 heteroatoms. The Labute approximate surface area is 166 Å². The van der Waals surface area contributed by atoms with Crippen LogP contribution in [0.25, 0.3) is 0 Å². The molecule has 148 valence electrons. The number of carbonyl (C=O) groups is 1. The number of nitrogens with zero attached hydrogens (tertiary/aromatic N) is 2. The number of nitrogens with one attached hydrogen (secondary N) is 1. The van der Waals surface area contributed by atoms with Crippen molar-refractivity contribution in [1.82, 2.24) is 10.2 Å². The first-order valence-corrected chi connectivity index (χ1v) is 9.82. The molecule has 1 N–H and O–H groups in total. The number of hydrogen-bond acceptors (Lipinski definition) is 4. The maximum absolute atomic E-state index is 12.9. The SMILES string of the molecule is CN(C)c1cccc(CNC(=O)N2CCCC2c2ccc3c(c2)OCCO3)c1. The standard InChI is InChI=1S/C22H27N3O3/c1-24(2)18-6-3-5-16(13-18)15-23-22(26)25-10-4-7-19(25)17-8-9-20-21(14-17)28-12-11-27-20/h3,5-6,8-9,13-14,19H,4,7,10-12,15H2,1-2H3,(H,23,26). The van der Waals surface area contributed by atoms with Crippen LogP contribution >= 0.6 is 0 Å². The van der Waals surface area contributed by atoms with Crippen molar-refractivity contribution in [3.63, 3.8) is 0 Å². The van der Waals surface area contributed by atoms with Gasteiger partial charge in [-0.05, 0) is 48.2 Å². The molecule has 1 saturated heterocycles. The smallest absolute Gasteiger partial charge is 0.318 e. The van der Waals surface area contributed by atoms with Gasteiger partial charge in [-0.2, -0.15) is 0 Å². The summed E-state index contributed by atoms with van der Waals surface area (Å²) in [6.45, 7) is 2.43. The summed E-state index contributed by atoms with van der Waals surface area (Å²) in [5.41, 5.74) is 3.32. The van der Waals surface area contributed by atoms with Crippen LogP contribution in [0.5, 0.6) is 11.5 Å². The Hall–Kier alpha value is -2.89. The quantitative estimate of drug-likeness (QED) is 0.880. The molecule has 2 aromatic rings. The molecule has 6 nitrogen and oxygen atoms in total. The number of fused-ring (bicyclic) bond motifs is 1. The number of rotatable bonds is 4. The molecule has 2 aliphatic rings. The highest BCUT2D eigenvalue weighted by Gasteiger charge is 2.30. The van der Waals surface area contributed by atoms with Crippen molar-refractivity contribution in [1.29, 1.82) is 0 Å². The Morgan fingerprint density at radius 1 is 1.14 bits per heavy atom. The second kappa shape index (κ2) is 8.00. The normalized spacial score (nSPS) is 18.1. The lowest BCUT2D eigenvalue weighted by Crippen LogP contribution is -2.39. The average molecular weight is 381 g/mol.